The van der Waals surface area contributed by atoms with E-state index in [1.165, 1.54) is 24.3 Å². The minimum atomic E-state index is -0.549. The molecule has 0 amide bonds. The van der Waals surface area contributed by atoms with E-state index in [4.69, 9.17) is 4.42 Å². The standard InChI is InChI=1S/C39H38O8/c1-20(2)4-9-28-32(42)11-6-23-17-37(47-39(23)28)24-15-35(45)38(36(46)16-24)31-13-21(3)12-29(27-10-8-26(41)19-34(27)44)30(31)14-22-5-7-25(40)18-33(22)43/h4-8,10-11,13,15-19,29-31,40-46H,9,12,14H2,1-3H3. The smallest absolute Gasteiger partial charge is 0.142 e. The summed E-state index contributed by atoms with van der Waals surface area (Å²) >= 11 is 0. The SMILES string of the molecule is CC(C)=CCc1c(O)ccc2cc(-c3cc(O)c(C4C=C(C)CC(c5ccc(O)cc5O)C4Cc4ccc(O)cc4O)c(O)c3)oc12. The Kier molecular flexibility index (Phi) is 8.28. The van der Waals surface area contributed by atoms with E-state index in [-0.39, 0.29) is 64.1 Å². The highest BCUT2D eigenvalue weighted by atomic mass is 16.3. The van der Waals surface area contributed by atoms with Gasteiger partial charge in [0.1, 0.15) is 51.6 Å². The number of benzene rings is 4. The number of furan rings is 1. The van der Waals surface area contributed by atoms with Crippen LogP contribution in [0.3, 0.4) is 0 Å². The Morgan fingerprint density at radius 2 is 1.45 bits per heavy atom. The van der Waals surface area contributed by atoms with Crippen LogP contribution in [0.5, 0.6) is 40.2 Å². The van der Waals surface area contributed by atoms with E-state index >= 15 is 0 Å². The van der Waals surface area contributed by atoms with Crippen molar-refractivity contribution in [1.82, 2.24) is 0 Å². The molecule has 0 saturated heterocycles. The highest BCUT2D eigenvalue weighted by Gasteiger charge is 2.38. The lowest BCUT2D eigenvalue weighted by molar-refractivity contribution is 0.329. The van der Waals surface area contributed by atoms with Gasteiger partial charge in [-0.05, 0) is 105 Å². The molecule has 47 heavy (non-hydrogen) atoms. The Labute approximate surface area is 272 Å². The highest BCUT2D eigenvalue weighted by molar-refractivity contribution is 5.87. The van der Waals surface area contributed by atoms with Crippen LogP contribution in [0, 0.1) is 5.92 Å². The van der Waals surface area contributed by atoms with Crippen LogP contribution in [-0.4, -0.2) is 35.7 Å². The Morgan fingerprint density at radius 1 is 0.766 bits per heavy atom. The van der Waals surface area contributed by atoms with Crippen LogP contribution in [0.25, 0.3) is 22.3 Å². The Morgan fingerprint density at radius 3 is 2.11 bits per heavy atom. The summed E-state index contributed by atoms with van der Waals surface area (Å²) in [6.07, 6.45) is 5.32. The van der Waals surface area contributed by atoms with Crippen molar-refractivity contribution in [2.75, 3.05) is 0 Å². The molecule has 4 aromatic carbocycles. The van der Waals surface area contributed by atoms with Gasteiger partial charge in [-0.15, -0.1) is 0 Å². The fraction of sp³-hybridized carbons (Fsp3) is 0.231. The van der Waals surface area contributed by atoms with Crippen molar-refractivity contribution in [2.45, 2.75) is 51.9 Å². The summed E-state index contributed by atoms with van der Waals surface area (Å²) < 4.78 is 6.21. The Balaban J connectivity index is 1.45. The van der Waals surface area contributed by atoms with Crippen molar-refractivity contribution >= 4 is 11.0 Å². The molecule has 5 aromatic rings. The van der Waals surface area contributed by atoms with E-state index in [9.17, 15) is 35.7 Å². The Hall–Kier alpha value is -5.50. The van der Waals surface area contributed by atoms with Crippen LogP contribution in [0.15, 0.2) is 94.4 Å². The number of rotatable bonds is 7. The largest absolute Gasteiger partial charge is 0.508 e. The van der Waals surface area contributed by atoms with E-state index in [0.29, 0.717) is 46.4 Å². The van der Waals surface area contributed by atoms with Gasteiger partial charge in [0.2, 0.25) is 0 Å². The molecule has 1 aliphatic carbocycles. The molecule has 0 aliphatic heterocycles. The van der Waals surface area contributed by atoms with Crippen LogP contribution in [0.4, 0.5) is 0 Å². The third-order valence-corrected chi connectivity index (χ3v) is 9.16. The van der Waals surface area contributed by atoms with Crippen LogP contribution in [0.1, 0.15) is 61.3 Å². The first kappa shape index (κ1) is 31.5. The molecule has 8 heteroatoms. The van der Waals surface area contributed by atoms with E-state index in [0.717, 1.165) is 16.5 Å². The number of aromatic hydroxyl groups is 7. The van der Waals surface area contributed by atoms with Gasteiger partial charge in [-0.3, -0.25) is 0 Å². The summed E-state index contributed by atoms with van der Waals surface area (Å²) in [5, 5.41) is 76.0. The molecule has 0 bridgehead atoms. The van der Waals surface area contributed by atoms with Crippen molar-refractivity contribution in [3.8, 4) is 51.6 Å². The first-order chi connectivity index (χ1) is 22.4. The fourth-order valence-electron chi connectivity index (χ4n) is 6.88. The number of hydrogen-bond acceptors (Lipinski definition) is 8. The molecule has 0 radical (unpaired) electrons. The van der Waals surface area contributed by atoms with E-state index in [2.05, 4.69) is 0 Å². The first-order valence-electron chi connectivity index (χ1n) is 15.5. The molecule has 6 rings (SSSR count). The van der Waals surface area contributed by atoms with Crippen molar-refractivity contribution in [3.63, 3.8) is 0 Å². The lowest BCUT2D eigenvalue weighted by Crippen LogP contribution is -2.26. The summed E-state index contributed by atoms with van der Waals surface area (Å²) in [5.74, 6) is -1.34. The minimum Gasteiger partial charge on any atom is -0.508 e. The molecule has 0 saturated carbocycles. The van der Waals surface area contributed by atoms with Gasteiger partial charge in [-0.1, -0.05) is 35.4 Å². The zero-order valence-corrected chi connectivity index (χ0v) is 26.4. The van der Waals surface area contributed by atoms with Crippen LogP contribution >= 0.6 is 0 Å². The van der Waals surface area contributed by atoms with Gasteiger partial charge >= 0.3 is 0 Å². The van der Waals surface area contributed by atoms with E-state index in [1.54, 1.807) is 42.5 Å². The highest BCUT2D eigenvalue weighted by Crippen LogP contribution is 2.53. The molecule has 0 fully saturated rings. The van der Waals surface area contributed by atoms with Crippen molar-refractivity contribution in [1.29, 1.82) is 0 Å². The molecule has 242 valence electrons. The molecule has 7 N–H and O–H groups in total. The number of hydrogen-bond donors (Lipinski definition) is 7. The van der Waals surface area contributed by atoms with Crippen molar-refractivity contribution < 1.29 is 40.2 Å². The number of fused-ring (bicyclic) bond motifs is 1. The molecular weight excluding hydrogens is 596 g/mol. The zero-order valence-electron chi connectivity index (χ0n) is 26.4. The van der Waals surface area contributed by atoms with Crippen LogP contribution < -0.4 is 0 Å². The summed E-state index contributed by atoms with van der Waals surface area (Å²) in [4.78, 5) is 0. The molecule has 1 aliphatic rings. The van der Waals surface area contributed by atoms with Gasteiger partial charge in [0.15, 0.2) is 0 Å². The van der Waals surface area contributed by atoms with Crippen molar-refractivity contribution in [2.24, 2.45) is 5.92 Å². The summed E-state index contributed by atoms with van der Waals surface area (Å²) in [6.45, 7) is 5.91. The van der Waals surface area contributed by atoms with Gasteiger partial charge in [-0.25, -0.2) is 0 Å². The second kappa shape index (κ2) is 12.4. The Bertz CT molecular complexity index is 2020. The van der Waals surface area contributed by atoms with Crippen molar-refractivity contribution in [3.05, 3.63) is 112 Å². The number of allylic oxidation sites excluding steroid dienone is 4. The fourth-order valence-corrected chi connectivity index (χ4v) is 6.88. The lowest BCUT2D eigenvalue weighted by Gasteiger charge is -2.38. The van der Waals surface area contributed by atoms with Crippen LogP contribution in [0.2, 0.25) is 0 Å². The normalized spacial score (nSPS) is 17.9. The monoisotopic (exact) mass is 634 g/mol. The summed E-state index contributed by atoms with van der Waals surface area (Å²) in [5.41, 5.74) is 5.13. The van der Waals surface area contributed by atoms with E-state index in [1.807, 2.05) is 32.9 Å². The second-order valence-electron chi connectivity index (χ2n) is 12.8. The maximum Gasteiger partial charge on any atom is 0.142 e. The van der Waals surface area contributed by atoms with Crippen LogP contribution in [-0.2, 0) is 12.8 Å². The second-order valence-corrected chi connectivity index (χ2v) is 12.8. The molecule has 1 aromatic heterocycles. The van der Waals surface area contributed by atoms with Gasteiger partial charge in [0, 0.05) is 40.1 Å². The number of phenols is 7. The molecule has 3 atom stereocenters. The quantitative estimate of drug-likeness (QED) is 0.0878. The van der Waals surface area contributed by atoms with Gasteiger partial charge in [0.25, 0.3) is 0 Å². The average molecular weight is 635 g/mol. The predicted molar refractivity (Wildman–Crippen MR) is 180 cm³/mol. The molecular formula is C39H38O8. The van der Waals surface area contributed by atoms with Gasteiger partial charge in [-0.2, -0.15) is 0 Å². The first-order valence-corrected chi connectivity index (χ1v) is 15.5. The molecule has 8 nitrogen and oxygen atoms in total. The molecule has 1 heterocycles. The summed E-state index contributed by atoms with van der Waals surface area (Å²) in [7, 11) is 0. The third-order valence-electron chi connectivity index (χ3n) is 9.16. The maximum absolute atomic E-state index is 11.6. The zero-order chi connectivity index (χ0) is 33.6. The summed E-state index contributed by atoms with van der Waals surface area (Å²) in [6, 6.07) is 17.1. The molecule has 0 spiro atoms. The molecule has 3 unspecified atom stereocenters. The number of phenolic OH excluding ortho intramolecular Hbond substituents is 7. The lowest BCUT2D eigenvalue weighted by atomic mass is 9.65. The van der Waals surface area contributed by atoms with Gasteiger partial charge in [0.05, 0.1) is 0 Å². The van der Waals surface area contributed by atoms with Gasteiger partial charge < -0.3 is 40.2 Å². The average Bonchev–Trinajstić information content (AvgIpc) is 3.43. The third kappa shape index (κ3) is 6.19. The topological polar surface area (TPSA) is 155 Å². The van der Waals surface area contributed by atoms with E-state index < -0.39 is 5.92 Å². The predicted octanol–water partition coefficient (Wildman–Crippen LogP) is 8.62. The maximum atomic E-state index is 11.6. The minimum absolute atomic E-state index is 0.0747.